The molecule has 2 aliphatic rings. The molecule has 1 atom stereocenters. The van der Waals surface area contributed by atoms with Crippen LogP contribution in [0, 0.1) is 5.92 Å². The third-order valence-electron chi connectivity index (χ3n) is 6.49. The molecule has 0 saturated carbocycles. The molecular weight excluding hydrogens is 374 g/mol. The van der Waals surface area contributed by atoms with E-state index in [-0.39, 0.29) is 0 Å². The molecule has 1 aromatic rings. The van der Waals surface area contributed by atoms with Crippen molar-refractivity contribution in [1.82, 2.24) is 20.4 Å². The van der Waals surface area contributed by atoms with Crippen LogP contribution in [0.25, 0.3) is 0 Å². The van der Waals surface area contributed by atoms with Gasteiger partial charge in [-0.15, -0.1) is 0 Å². The average Bonchev–Trinajstić information content (AvgIpc) is 2.79. The van der Waals surface area contributed by atoms with Crippen LogP contribution in [0.4, 0.5) is 0 Å². The van der Waals surface area contributed by atoms with Crippen molar-refractivity contribution in [2.24, 2.45) is 10.9 Å². The van der Waals surface area contributed by atoms with Gasteiger partial charge in [-0.1, -0.05) is 18.6 Å². The minimum Gasteiger partial charge on any atom is -0.497 e. The molecule has 2 heterocycles. The SMILES string of the molecule is CCNC(=NCC(c1ccc(OC)cc1)N1CCCCC1)NCC1CCN(C)CC1. The number of aliphatic imine (C=N–C) groups is 1. The maximum atomic E-state index is 5.36. The highest BCUT2D eigenvalue weighted by Gasteiger charge is 2.23. The molecule has 1 aromatic carbocycles. The number of rotatable bonds is 8. The summed E-state index contributed by atoms with van der Waals surface area (Å²) in [5, 5.41) is 7.06. The quantitative estimate of drug-likeness (QED) is 0.505. The van der Waals surface area contributed by atoms with Crippen LogP contribution >= 0.6 is 0 Å². The zero-order valence-corrected chi connectivity index (χ0v) is 19.2. The fourth-order valence-electron chi connectivity index (χ4n) is 4.51. The first-order valence-electron chi connectivity index (χ1n) is 11.8. The summed E-state index contributed by atoms with van der Waals surface area (Å²) in [6.07, 6.45) is 6.45. The van der Waals surface area contributed by atoms with E-state index in [1.807, 2.05) is 0 Å². The van der Waals surface area contributed by atoms with E-state index in [4.69, 9.17) is 9.73 Å². The average molecular weight is 416 g/mol. The highest BCUT2D eigenvalue weighted by Crippen LogP contribution is 2.26. The van der Waals surface area contributed by atoms with Crippen LogP contribution in [-0.2, 0) is 0 Å². The predicted octanol–water partition coefficient (Wildman–Crippen LogP) is 3.12. The minimum absolute atomic E-state index is 0.315. The summed E-state index contributed by atoms with van der Waals surface area (Å²) >= 11 is 0. The van der Waals surface area contributed by atoms with Crippen molar-refractivity contribution in [2.45, 2.75) is 45.1 Å². The zero-order chi connectivity index (χ0) is 21.2. The first-order valence-corrected chi connectivity index (χ1v) is 11.8. The van der Waals surface area contributed by atoms with E-state index in [0.717, 1.165) is 50.4 Å². The summed E-state index contributed by atoms with van der Waals surface area (Å²) in [5.74, 6) is 2.60. The first kappa shape index (κ1) is 22.9. The number of methoxy groups -OCH3 is 1. The van der Waals surface area contributed by atoms with Gasteiger partial charge in [0.25, 0.3) is 0 Å². The Hall–Kier alpha value is -1.79. The Bertz CT molecular complexity index is 634. The number of hydrogen-bond donors (Lipinski definition) is 2. The Morgan fingerprint density at radius 2 is 1.77 bits per heavy atom. The Labute approximate surface area is 183 Å². The van der Waals surface area contributed by atoms with Crippen LogP contribution in [0.3, 0.4) is 0 Å². The van der Waals surface area contributed by atoms with Crippen LogP contribution in [0.2, 0.25) is 0 Å². The van der Waals surface area contributed by atoms with Gasteiger partial charge in [0.1, 0.15) is 5.75 Å². The van der Waals surface area contributed by atoms with E-state index in [9.17, 15) is 0 Å². The van der Waals surface area contributed by atoms with Crippen molar-refractivity contribution in [3.8, 4) is 5.75 Å². The molecule has 30 heavy (non-hydrogen) atoms. The maximum Gasteiger partial charge on any atom is 0.191 e. The summed E-state index contributed by atoms with van der Waals surface area (Å²) in [5.41, 5.74) is 1.33. The lowest BCUT2D eigenvalue weighted by atomic mass is 9.97. The van der Waals surface area contributed by atoms with Crippen LogP contribution in [0.1, 0.15) is 50.6 Å². The Morgan fingerprint density at radius 3 is 2.40 bits per heavy atom. The van der Waals surface area contributed by atoms with Crippen molar-refractivity contribution in [1.29, 1.82) is 0 Å². The van der Waals surface area contributed by atoms with E-state index in [1.54, 1.807) is 7.11 Å². The lowest BCUT2D eigenvalue weighted by molar-refractivity contribution is 0.167. The molecule has 168 valence electrons. The smallest absolute Gasteiger partial charge is 0.191 e. The maximum absolute atomic E-state index is 5.36. The van der Waals surface area contributed by atoms with Crippen molar-refractivity contribution < 1.29 is 4.74 Å². The predicted molar refractivity (Wildman–Crippen MR) is 125 cm³/mol. The lowest BCUT2D eigenvalue weighted by Gasteiger charge is -2.34. The van der Waals surface area contributed by atoms with Gasteiger partial charge in [0, 0.05) is 13.1 Å². The summed E-state index contributed by atoms with van der Waals surface area (Å²) in [7, 11) is 3.94. The molecule has 0 bridgehead atoms. The number of likely N-dealkylation sites (tertiary alicyclic amines) is 2. The highest BCUT2D eigenvalue weighted by molar-refractivity contribution is 5.79. The van der Waals surface area contributed by atoms with Gasteiger partial charge in [0.15, 0.2) is 5.96 Å². The molecule has 0 radical (unpaired) electrons. The standard InChI is InChI=1S/C24H41N5O/c1-4-25-24(26-18-20-12-16-28(2)17-13-20)27-19-23(29-14-6-5-7-15-29)21-8-10-22(30-3)11-9-21/h8-11,20,23H,4-7,12-19H2,1-3H3,(H2,25,26,27). The van der Waals surface area contributed by atoms with Crippen molar-refractivity contribution in [2.75, 3.05) is 60.0 Å². The van der Waals surface area contributed by atoms with Gasteiger partial charge in [-0.05, 0) is 89.4 Å². The second-order valence-electron chi connectivity index (χ2n) is 8.73. The van der Waals surface area contributed by atoms with Crippen LogP contribution < -0.4 is 15.4 Å². The van der Waals surface area contributed by atoms with Gasteiger partial charge in [0.05, 0.1) is 19.7 Å². The van der Waals surface area contributed by atoms with Crippen LogP contribution in [-0.4, -0.2) is 75.7 Å². The Morgan fingerprint density at radius 1 is 1.07 bits per heavy atom. The molecule has 6 nitrogen and oxygen atoms in total. The van der Waals surface area contributed by atoms with Gasteiger partial charge < -0.3 is 20.3 Å². The van der Waals surface area contributed by atoms with Gasteiger partial charge >= 0.3 is 0 Å². The number of benzene rings is 1. The summed E-state index contributed by atoms with van der Waals surface area (Å²) in [4.78, 5) is 10.0. The van der Waals surface area contributed by atoms with E-state index >= 15 is 0 Å². The monoisotopic (exact) mass is 415 g/mol. The van der Waals surface area contributed by atoms with Gasteiger partial charge in [-0.3, -0.25) is 9.89 Å². The van der Waals surface area contributed by atoms with Crippen molar-refractivity contribution >= 4 is 5.96 Å². The Balaban J connectivity index is 1.65. The second-order valence-corrected chi connectivity index (χ2v) is 8.73. The topological polar surface area (TPSA) is 52.1 Å². The highest BCUT2D eigenvalue weighted by atomic mass is 16.5. The number of hydrogen-bond acceptors (Lipinski definition) is 4. The number of nitrogens with one attached hydrogen (secondary N) is 2. The zero-order valence-electron chi connectivity index (χ0n) is 19.2. The molecule has 0 aromatic heterocycles. The first-order chi connectivity index (χ1) is 14.7. The molecule has 2 saturated heterocycles. The fourth-order valence-corrected chi connectivity index (χ4v) is 4.51. The third kappa shape index (κ3) is 6.88. The van der Waals surface area contributed by atoms with Gasteiger partial charge in [-0.2, -0.15) is 0 Å². The molecule has 0 aliphatic carbocycles. The van der Waals surface area contributed by atoms with E-state index in [0.29, 0.717) is 6.04 Å². The Kier molecular flexibility index (Phi) is 9.27. The van der Waals surface area contributed by atoms with Gasteiger partial charge in [0.2, 0.25) is 0 Å². The third-order valence-corrected chi connectivity index (χ3v) is 6.49. The molecule has 2 fully saturated rings. The van der Waals surface area contributed by atoms with Crippen molar-refractivity contribution in [3.05, 3.63) is 29.8 Å². The molecule has 6 heteroatoms. The van der Waals surface area contributed by atoms with E-state index in [1.165, 1.54) is 50.8 Å². The minimum atomic E-state index is 0.315. The van der Waals surface area contributed by atoms with Crippen molar-refractivity contribution in [3.63, 3.8) is 0 Å². The number of guanidine groups is 1. The van der Waals surface area contributed by atoms with Crippen LogP contribution in [0.5, 0.6) is 5.75 Å². The number of nitrogens with zero attached hydrogens (tertiary/aromatic N) is 3. The summed E-state index contributed by atoms with van der Waals surface area (Å²) in [6, 6.07) is 8.85. The van der Waals surface area contributed by atoms with Gasteiger partial charge in [-0.25, -0.2) is 0 Å². The fraction of sp³-hybridized carbons (Fsp3) is 0.708. The molecule has 3 rings (SSSR count). The molecule has 1 unspecified atom stereocenters. The largest absolute Gasteiger partial charge is 0.497 e. The summed E-state index contributed by atoms with van der Waals surface area (Å²) in [6.45, 7) is 9.53. The normalized spacial score (nSPS) is 20.7. The molecule has 0 spiro atoms. The molecule has 2 aliphatic heterocycles. The van der Waals surface area contributed by atoms with E-state index in [2.05, 4.69) is 58.7 Å². The molecular formula is C24H41N5O. The lowest BCUT2D eigenvalue weighted by Crippen LogP contribution is -2.43. The number of piperidine rings is 2. The van der Waals surface area contributed by atoms with E-state index < -0.39 is 0 Å². The van der Waals surface area contributed by atoms with Crippen LogP contribution in [0.15, 0.2) is 29.3 Å². The molecule has 2 N–H and O–H groups in total. The second kappa shape index (κ2) is 12.2. The number of ether oxygens (including phenoxy) is 1. The summed E-state index contributed by atoms with van der Waals surface area (Å²) < 4.78 is 5.36. The molecule has 0 amide bonds.